The van der Waals surface area contributed by atoms with Crippen molar-refractivity contribution < 1.29 is 18.0 Å². The molecule has 0 bridgehead atoms. The molecule has 0 radical (unpaired) electrons. The first-order valence-corrected chi connectivity index (χ1v) is 8.72. The lowest BCUT2D eigenvalue weighted by molar-refractivity contribution is 0.0953. The van der Waals surface area contributed by atoms with Crippen LogP contribution in [0, 0.1) is 5.82 Å². The van der Waals surface area contributed by atoms with Gasteiger partial charge in [0, 0.05) is 12.1 Å². The van der Waals surface area contributed by atoms with Crippen LogP contribution in [0.25, 0.3) is 16.9 Å². The second kappa shape index (κ2) is 8.39. The molecule has 28 heavy (non-hydrogen) atoms. The quantitative estimate of drug-likeness (QED) is 0.629. The van der Waals surface area contributed by atoms with Gasteiger partial charge in [0.25, 0.3) is 12.3 Å². The molecule has 2 heterocycles. The molecule has 6 nitrogen and oxygen atoms in total. The molecule has 1 N–H and O–H groups in total. The van der Waals surface area contributed by atoms with E-state index in [9.17, 15) is 18.0 Å². The van der Waals surface area contributed by atoms with Crippen LogP contribution in [0.4, 0.5) is 13.2 Å². The molecule has 148 valence electrons. The fourth-order valence-electron chi connectivity index (χ4n) is 2.76. The van der Waals surface area contributed by atoms with E-state index >= 15 is 0 Å². The van der Waals surface area contributed by atoms with Gasteiger partial charge in [-0.2, -0.15) is 5.10 Å². The van der Waals surface area contributed by atoms with Crippen LogP contribution in [-0.2, 0) is 0 Å². The van der Waals surface area contributed by atoms with Crippen LogP contribution in [-0.4, -0.2) is 52.6 Å². The van der Waals surface area contributed by atoms with E-state index in [4.69, 9.17) is 0 Å². The maximum atomic E-state index is 13.5. The summed E-state index contributed by atoms with van der Waals surface area (Å²) in [4.78, 5) is 18.8. The molecule has 0 saturated heterocycles. The zero-order chi connectivity index (χ0) is 20.3. The van der Waals surface area contributed by atoms with Crippen LogP contribution in [0.1, 0.15) is 28.9 Å². The molecule has 0 aliphatic carbocycles. The average molecular weight is 391 g/mol. The van der Waals surface area contributed by atoms with Gasteiger partial charge in [-0.3, -0.25) is 4.79 Å². The first-order chi connectivity index (χ1) is 13.4. The molecule has 0 aliphatic heterocycles. The number of carbonyl (C=O) groups excluding carboxylic acids is 1. The molecular formula is C19H20F3N5O. The highest BCUT2D eigenvalue weighted by Crippen LogP contribution is 2.26. The summed E-state index contributed by atoms with van der Waals surface area (Å²) in [5, 5.41) is 6.66. The number of hydrogen-bond acceptors (Lipinski definition) is 4. The molecular weight excluding hydrogens is 371 g/mol. The Morgan fingerprint density at radius 3 is 2.61 bits per heavy atom. The Kier molecular flexibility index (Phi) is 5.93. The van der Waals surface area contributed by atoms with E-state index in [1.54, 1.807) is 0 Å². The molecule has 0 aliphatic rings. The van der Waals surface area contributed by atoms with E-state index in [0.29, 0.717) is 12.1 Å². The summed E-state index contributed by atoms with van der Waals surface area (Å²) in [5.41, 5.74) is 0.420. The van der Waals surface area contributed by atoms with Gasteiger partial charge >= 0.3 is 0 Å². The van der Waals surface area contributed by atoms with Crippen LogP contribution in [0.15, 0.2) is 36.5 Å². The largest absolute Gasteiger partial charge is 0.352 e. The molecule has 0 unspecified atom stereocenters. The number of carbonyl (C=O) groups is 1. The second-order valence-corrected chi connectivity index (χ2v) is 6.58. The highest BCUT2D eigenvalue weighted by molar-refractivity contribution is 5.99. The number of fused-ring (bicyclic) bond motifs is 1. The van der Waals surface area contributed by atoms with E-state index in [0.717, 1.165) is 17.5 Å². The van der Waals surface area contributed by atoms with Gasteiger partial charge < -0.3 is 10.2 Å². The van der Waals surface area contributed by atoms with Crippen LogP contribution >= 0.6 is 0 Å². The Bertz CT molecular complexity index is 970. The molecule has 3 aromatic rings. The molecule has 1 aromatic carbocycles. The summed E-state index contributed by atoms with van der Waals surface area (Å²) in [7, 11) is 3.86. The lowest BCUT2D eigenvalue weighted by Gasteiger charge is -2.10. The Hall–Kier alpha value is -2.94. The third-order valence-corrected chi connectivity index (χ3v) is 4.18. The topological polar surface area (TPSA) is 62.5 Å². The average Bonchev–Trinajstić information content (AvgIpc) is 3.08. The predicted molar refractivity (Wildman–Crippen MR) is 98.8 cm³/mol. The fourth-order valence-corrected chi connectivity index (χ4v) is 2.76. The first kappa shape index (κ1) is 19.8. The number of halogens is 3. The van der Waals surface area contributed by atoms with Crippen molar-refractivity contribution in [1.29, 1.82) is 0 Å². The van der Waals surface area contributed by atoms with Gasteiger partial charge in [0.2, 0.25) is 0 Å². The Morgan fingerprint density at radius 1 is 1.25 bits per heavy atom. The van der Waals surface area contributed by atoms with Crippen molar-refractivity contribution in [2.75, 3.05) is 27.2 Å². The molecule has 1 amide bonds. The van der Waals surface area contributed by atoms with Gasteiger partial charge in [-0.1, -0.05) is 0 Å². The fraction of sp³-hybridized carbons (Fsp3) is 0.316. The van der Waals surface area contributed by atoms with Crippen molar-refractivity contribution in [2.24, 2.45) is 0 Å². The number of benzene rings is 1. The van der Waals surface area contributed by atoms with Crippen LogP contribution in [0.5, 0.6) is 0 Å². The molecule has 0 atom stereocenters. The molecule has 0 saturated carbocycles. The summed E-state index contributed by atoms with van der Waals surface area (Å²) in [5.74, 6) is -0.876. The van der Waals surface area contributed by atoms with Crippen LogP contribution in [0.3, 0.4) is 0 Å². The highest BCUT2D eigenvalue weighted by Gasteiger charge is 2.21. The minimum atomic E-state index is -2.82. The minimum Gasteiger partial charge on any atom is -0.352 e. The van der Waals surface area contributed by atoms with E-state index in [1.165, 1.54) is 36.5 Å². The summed E-state index contributed by atoms with van der Waals surface area (Å²) in [6.45, 7) is 1.24. The van der Waals surface area contributed by atoms with Crippen LogP contribution < -0.4 is 5.32 Å². The highest BCUT2D eigenvalue weighted by atomic mass is 19.3. The SMILES string of the molecule is CN(C)CCCNC(=O)c1cnn2c(C(F)F)cc(-c3ccc(F)cc3)nc12. The van der Waals surface area contributed by atoms with Crippen molar-refractivity contribution in [3.05, 3.63) is 53.6 Å². The molecule has 2 aromatic heterocycles. The van der Waals surface area contributed by atoms with E-state index in [2.05, 4.69) is 15.4 Å². The zero-order valence-electron chi connectivity index (χ0n) is 15.5. The van der Waals surface area contributed by atoms with Crippen molar-refractivity contribution in [3.63, 3.8) is 0 Å². The third kappa shape index (κ3) is 4.30. The smallest absolute Gasteiger partial charge is 0.280 e. The Labute approximate surface area is 160 Å². The van der Waals surface area contributed by atoms with Gasteiger partial charge in [-0.15, -0.1) is 0 Å². The van der Waals surface area contributed by atoms with E-state index in [-0.39, 0.29) is 16.9 Å². The van der Waals surface area contributed by atoms with E-state index in [1.807, 2.05) is 19.0 Å². The standard InChI is InChI=1S/C19H20F3N5O/c1-26(2)9-3-8-23-19(28)14-11-24-27-16(17(21)22)10-15(25-18(14)27)12-4-6-13(20)7-5-12/h4-7,10-11,17H,3,8-9H2,1-2H3,(H,23,28). The third-order valence-electron chi connectivity index (χ3n) is 4.18. The summed E-state index contributed by atoms with van der Waals surface area (Å²) >= 11 is 0. The van der Waals surface area contributed by atoms with Crippen molar-refractivity contribution >= 4 is 11.6 Å². The number of hydrogen-bond donors (Lipinski definition) is 1. The van der Waals surface area contributed by atoms with Gasteiger partial charge in [-0.25, -0.2) is 22.7 Å². The summed E-state index contributed by atoms with van der Waals surface area (Å²) < 4.78 is 41.2. The summed E-state index contributed by atoms with van der Waals surface area (Å²) in [6, 6.07) is 6.52. The first-order valence-electron chi connectivity index (χ1n) is 8.72. The van der Waals surface area contributed by atoms with Crippen molar-refractivity contribution in [3.8, 4) is 11.3 Å². The lowest BCUT2D eigenvalue weighted by atomic mass is 10.1. The second-order valence-electron chi connectivity index (χ2n) is 6.58. The monoisotopic (exact) mass is 391 g/mol. The van der Waals surface area contributed by atoms with Crippen molar-refractivity contribution in [1.82, 2.24) is 24.8 Å². The maximum absolute atomic E-state index is 13.5. The number of nitrogens with zero attached hydrogens (tertiary/aromatic N) is 4. The normalized spacial score (nSPS) is 11.5. The molecule has 9 heteroatoms. The van der Waals surface area contributed by atoms with Gasteiger partial charge in [-0.05, 0) is 57.4 Å². The number of nitrogens with one attached hydrogen (secondary N) is 1. The maximum Gasteiger partial charge on any atom is 0.280 e. The number of rotatable bonds is 7. The van der Waals surface area contributed by atoms with Crippen molar-refractivity contribution in [2.45, 2.75) is 12.8 Å². The zero-order valence-corrected chi connectivity index (χ0v) is 15.5. The minimum absolute atomic E-state index is 0.0298. The van der Waals surface area contributed by atoms with Crippen LogP contribution in [0.2, 0.25) is 0 Å². The van der Waals surface area contributed by atoms with Gasteiger partial charge in [0.05, 0.1) is 11.9 Å². The predicted octanol–water partition coefficient (Wildman–Crippen LogP) is 3.15. The molecule has 0 spiro atoms. The Balaban J connectivity index is 1.96. The van der Waals surface area contributed by atoms with Gasteiger partial charge in [0.1, 0.15) is 17.1 Å². The lowest BCUT2D eigenvalue weighted by Crippen LogP contribution is -2.27. The van der Waals surface area contributed by atoms with E-state index < -0.39 is 23.8 Å². The Morgan fingerprint density at radius 2 is 1.96 bits per heavy atom. The number of alkyl halides is 2. The molecule has 0 fully saturated rings. The van der Waals surface area contributed by atoms with Gasteiger partial charge in [0.15, 0.2) is 5.65 Å². The molecule has 3 rings (SSSR count). The number of aromatic nitrogens is 3. The summed E-state index contributed by atoms with van der Waals surface area (Å²) in [6.07, 6.45) is -0.848. The number of amides is 1.